The molecule has 0 unspecified atom stereocenters. The van der Waals surface area contributed by atoms with E-state index < -0.39 is 0 Å². The lowest BCUT2D eigenvalue weighted by molar-refractivity contribution is -0.120. The summed E-state index contributed by atoms with van der Waals surface area (Å²) < 4.78 is 12.9. The molecule has 1 aromatic heterocycles. The van der Waals surface area contributed by atoms with Crippen LogP contribution in [0.1, 0.15) is 43.8 Å². The molecule has 0 radical (unpaired) electrons. The van der Waals surface area contributed by atoms with Crippen LogP contribution in [0, 0.1) is 12.7 Å². The van der Waals surface area contributed by atoms with Crippen molar-refractivity contribution in [3.8, 4) is 0 Å². The molecule has 1 aromatic carbocycles. The van der Waals surface area contributed by atoms with E-state index in [1.165, 1.54) is 23.9 Å². The van der Waals surface area contributed by atoms with E-state index in [9.17, 15) is 9.18 Å². The topological polar surface area (TPSA) is 54.9 Å². The number of thioether (sulfide) groups is 1. The van der Waals surface area contributed by atoms with Crippen LogP contribution in [0.5, 0.6) is 0 Å². The molecule has 0 bridgehead atoms. The van der Waals surface area contributed by atoms with Crippen LogP contribution in [-0.2, 0) is 11.3 Å². The number of nitrogens with zero attached hydrogens (tertiary/aromatic N) is 2. The Kier molecular flexibility index (Phi) is 6.31. The minimum Gasteiger partial charge on any atom is -0.351 e. The van der Waals surface area contributed by atoms with Gasteiger partial charge >= 0.3 is 0 Å². The maximum absolute atomic E-state index is 12.9. The molecule has 4 nitrogen and oxygen atoms in total. The Morgan fingerprint density at radius 1 is 1.21 bits per heavy atom. The number of carbonyl (C=O) groups excluding carboxylic acids is 1. The van der Waals surface area contributed by atoms with Crippen LogP contribution in [-0.4, -0.2) is 21.1 Å². The first-order valence-corrected chi connectivity index (χ1v) is 8.77. The highest BCUT2D eigenvalue weighted by atomic mass is 32.2. The third-order valence-electron chi connectivity index (χ3n) is 3.41. The van der Waals surface area contributed by atoms with Crippen molar-refractivity contribution in [1.29, 1.82) is 0 Å². The van der Waals surface area contributed by atoms with Crippen molar-refractivity contribution in [2.45, 2.75) is 50.4 Å². The van der Waals surface area contributed by atoms with Gasteiger partial charge in [-0.25, -0.2) is 14.4 Å². The molecule has 0 aliphatic rings. The molecule has 6 heteroatoms. The second-order valence-electron chi connectivity index (χ2n) is 5.96. The van der Waals surface area contributed by atoms with Gasteiger partial charge in [0.05, 0.1) is 5.25 Å². The van der Waals surface area contributed by atoms with Gasteiger partial charge in [0.2, 0.25) is 5.91 Å². The number of rotatable bonds is 6. The van der Waals surface area contributed by atoms with E-state index in [1.54, 1.807) is 12.1 Å². The summed E-state index contributed by atoms with van der Waals surface area (Å²) in [5.74, 6) is 0.670. The van der Waals surface area contributed by atoms with Crippen LogP contribution >= 0.6 is 11.8 Å². The third-order valence-corrected chi connectivity index (χ3v) is 4.43. The van der Waals surface area contributed by atoms with E-state index in [0.29, 0.717) is 6.54 Å². The molecule has 1 amide bonds. The zero-order valence-electron chi connectivity index (χ0n) is 14.3. The molecule has 1 heterocycles. The first-order valence-electron chi connectivity index (χ1n) is 7.89. The lowest BCUT2D eigenvalue weighted by atomic mass is 10.2. The van der Waals surface area contributed by atoms with Gasteiger partial charge in [0.25, 0.3) is 0 Å². The summed E-state index contributed by atoms with van der Waals surface area (Å²) >= 11 is 1.41. The zero-order chi connectivity index (χ0) is 17.7. The number of aryl methyl sites for hydroxylation is 1. The van der Waals surface area contributed by atoms with Crippen molar-refractivity contribution in [1.82, 2.24) is 15.3 Å². The van der Waals surface area contributed by atoms with Gasteiger partial charge in [0.1, 0.15) is 16.7 Å². The summed E-state index contributed by atoms with van der Waals surface area (Å²) in [5.41, 5.74) is 1.76. The number of aromatic nitrogens is 2. The number of benzene rings is 1. The molecule has 0 spiro atoms. The fourth-order valence-electron chi connectivity index (χ4n) is 2.05. The third kappa shape index (κ3) is 5.30. The molecule has 0 fully saturated rings. The average Bonchev–Trinajstić information content (AvgIpc) is 2.53. The standard InChI is InChI=1S/C18H22FN3OS/c1-11(2)17-21-12(3)9-16(22-17)24-13(4)18(23)20-10-14-5-7-15(19)8-6-14/h5-9,11,13H,10H2,1-4H3,(H,20,23)/t13-/m0/s1. The molecule has 128 valence electrons. The lowest BCUT2D eigenvalue weighted by Crippen LogP contribution is -2.30. The van der Waals surface area contributed by atoms with Crippen molar-refractivity contribution in [3.63, 3.8) is 0 Å². The van der Waals surface area contributed by atoms with Crippen LogP contribution in [0.15, 0.2) is 35.4 Å². The SMILES string of the molecule is Cc1cc(S[C@@H](C)C(=O)NCc2ccc(F)cc2)nc(C(C)C)n1. The highest BCUT2D eigenvalue weighted by Gasteiger charge is 2.16. The minimum absolute atomic E-state index is 0.0771. The number of carbonyl (C=O) groups is 1. The molecule has 0 saturated carbocycles. The van der Waals surface area contributed by atoms with Gasteiger partial charge in [-0.2, -0.15) is 0 Å². The highest BCUT2D eigenvalue weighted by Crippen LogP contribution is 2.23. The van der Waals surface area contributed by atoms with Gasteiger partial charge < -0.3 is 5.32 Å². The fraction of sp³-hybridized carbons (Fsp3) is 0.389. The van der Waals surface area contributed by atoms with E-state index in [4.69, 9.17) is 0 Å². The summed E-state index contributed by atoms with van der Waals surface area (Å²) in [6.45, 7) is 8.24. The fourth-order valence-corrected chi connectivity index (χ4v) is 2.99. The van der Waals surface area contributed by atoms with E-state index in [0.717, 1.165) is 22.1 Å². The van der Waals surface area contributed by atoms with Gasteiger partial charge in [0.15, 0.2) is 0 Å². The molecule has 0 aliphatic heterocycles. The Balaban J connectivity index is 1.95. The van der Waals surface area contributed by atoms with Crippen LogP contribution in [0.4, 0.5) is 4.39 Å². The Bertz CT molecular complexity index is 704. The van der Waals surface area contributed by atoms with Crippen molar-refractivity contribution < 1.29 is 9.18 Å². The Morgan fingerprint density at radius 3 is 2.50 bits per heavy atom. The van der Waals surface area contributed by atoms with Gasteiger partial charge in [-0.05, 0) is 37.6 Å². The monoisotopic (exact) mass is 347 g/mol. The van der Waals surface area contributed by atoms with Gasteiger partial charge in [-0.15, -0.1) is 0 Å². The second-order valence-corrected chi connectivity index (χ2v) is 7.33. The van der Waals surface area contributed by atoms with E-state index in [-0.39, 0.29) is 22.9 Å². The highest BCUT2D eigenvalue weighted by molar-refractivity contribution is 8.00. The Morgan fingerprint density at radius 2 is 1.88 bits per heavy atom. The summed E-state index contributed by atoms with van der Waals surface area (Å²) in [5, 5.41) is 3.39. The van der Waals surface area contributed by atoms with Crippen LogP contribution < -0.4 is 5.32 Å². The van der Waals surface area contributed by atoms with Crippen LogP contribution in [0.25, 0.3) is 0 Å². The van der Waals surface area contributed by atoms with Crippen molar-refractivity contribution in [3.05, 3.63) is 53.2 Å². The quantitative estimate of drug-likeness (QED) is 0.637. The molecule has 0 saturated heterocycles. The largest absolute Gasteiger partial charge is 0.351 e. The number of hydrogen-bond acceptors (Lipinski definition) is 4. The van der Waals surface area contributed by atoms with E-state index in [1.807, 2.05) is 33.8 Å². The molecule has 1 N–H and O–H groups in total. The predicted molar refractivity (Wildman–Crippen MR) is 94.4 cm³/mol. The average molecular weight is 347 g/mol. The minimum atomic E-state index is -0.283. The molecule has 24 heavy (non-hydrogen) atoms. The normalized spacial score (nSPS) is 12.2. The predicted octanol–water partition coefficient (Wildman–Crippen LogP) is 3.84. The van der Waals surface area contributed by atoms with E-state index >= 15 is 0 Å². The second kappa shape index (κ2) is 8.24. The van der Waals surface area contributed by atoms with Crippen molar-refractivity contribution >= 4 is 17.7 Å². The number of halogens is 1. The van der Waals surface area contributed by atoms with Crippen LogP contribution in [0.2, 0.25) is 0 Å². The molecular weight excluding hydrogens is 325 g/mol. The maximum Gasteiger partial charge on any atom is 0.233 e. The Labute approximate surface area is 146 Å². The molecular formula is C18H22FN3OS. The van der Waals surface area contributed by atoms with Gasteiger partial charge in [-0.1, -0.05) is 37.7 Å². The summed E-state index contributed by atoms with van der Waals surface area (Å²) in [6.07, 6.45) is 0. The first kappa shape index (κ1) is 18.4. The number of amides is 1. The molecule has 1 atom stereocenters. The van der Waals surface area contributed by atoms with Gasteiger partial charge in [0, 0.05) is 18.2 Å². The molecule has 2 rings (SSSR count). The summed E-state index contributed by atoms with van der Waals surface area (Å²) in [6, 6.07) is 7.99. The number of nitrogens with one attached hydrogen (secondary N) is 1. The summed E-state index contributed by atoms with van der Waals surface area (Å²) in [7, 11) is 0. The van der Waals surface area contributed by atoms with Crippen molar-refractivity contribution in [2.75, 3.05) is 0 Å². The molecule has 0 aliphatic carbocycles. The maximum atomic E-state index is 12.9. The van der Waals surface area contributed by atoms with Crippen LogP contribution in [0.3, 0.4) is 0 Å². The Hall–Kier alpha value is -1.95. The smallest absolute Gasteiger partial charge is 0.233 e. The summed E-state index contributed by atoms with van der Waals surface area (Å²) in [4.78, 5) is 21.2. The van der Waals surface area contributed by atoms with Gasteiger partial charge in [-0.3, -0.25) is 4.79 Å². The molecule has 2 aromatic rings. The zero-order valence-corrected chi connectivity index (χ0v) is 15.2. The lowest BCUT2D eigenvalue weighted by Gasteiger charge is -2.13. The van der Waals surface area contributed by atoms with Crippen molar-refractivity contribution in [2.24, 2.45) is 0 Å². The first-order chi connectivity index (χ1) is 11.3. The van der Waals surface area contributed by atoms with E-state index in [2.05, 4.69) is 15.3 Å². The number of hydrogen-bond donors (Lipinski definition) is 1.